The minimum Gasteiger partial charge on any atom is -0.468 e. The van der Waals surface area contributed by atoms with Gasteiger partial charge in [0.15, 0.2) is 17.1 Å². The van der Waals surface area contributed by atoms with E-state index in [0.29, 0.717) is 41.3 Å². The molecule has 0 aliphatic carbocycles. The third-order valence-electron chi connectivity index (χ3n) is 4.66. The lowest BCUT2D eigenvalue weighted by Gasteiger charge is -2.08. The van der Waals surface area contributed by atoms with Crippen molar-refractivity contribution in [1.82, 2.24) is 4.98 Å². The third kappa shape index (κ3) is 4.25. The van der Waals surface area contributed by atoms with E-state index in [1.165, 1.54) is 24.5 Å². The van der Waals surface area contributed by atoms with Gasteiger partial charge in [-0.1, -0.05) is 48.9 Å². The van der Waals surface area contributed by atoms with E-state index in [0.717, 1.165) is 6.42 Å². The van der Waals surface area contributed by atoms with Crippen LogP contribution in [-0.2, 0) is 12.8 Å². The summed E-state index contributed by atoms with van der Waals surface area (Å²) in [4.78, 5) is 17.1. The van der Waals surface area contributed by atoms with E-state index in [4.69, 9.17) is 13.6 Å². The molecular formula is C23H25NO4. The van der Waals surface area contributed by atoms with Crippen molar-refractivity contribution in [2.45, 2.75) is 40.0 Å². The summed E-state index contributed by atoms with van der Waals surface area (Å²) in [6.45, 7) is 5.71. The molecule has 2 aromatic heterocycles. The molecule has 0 amide bonds. The van der Waals surface area contributed by atoms with E-state index in [-0.39, 0.29) is 11.4 Å². The molecule has 0 saturated heterocycles. The second kappa shape index (κ2) is 8.74. The molecule has 0 aliphatic heterocycles. The highest BCUT2D eigenvalue weighted by atomic mass is 16.6. The molecular weight excluding hydrogens is 354 g/mol. The zero-order chi connectivity index (χ0) is 20.1. The Morgan fingerprint density at radius 2 is 2.00 bits per heavy atom. The lowest BCUT2D eigenvalue weighted by atomic mass is 10.1. The Morgan fingerprint density at radius 3 is 2.68 bits per heavy atom. The zero-order valence-corrected chi connectivity index (χ0v) is 16.7. The van der Waals surface area contributed by atoms with Crippen molar-refractivity contribution in [2.24, 2.45) is 0 Å². The Hall–Kier alpha value is -3.08. The van der Waals surface area contributed by atoms with E-state index in [2.05, 4.69) is 30.1 Å². The van der Waals surface area contributed by atoms with Crippen molar-refractivity contribution in [1.29, 1.82) is 0 Å². The van der Waals surface area contributed by atoms with Crippen LogP contribution in [0.15, 0.2) is 55.8 Å². The average molecular weight is 379 g/mol. The summed E-state index contributed by atoms with van der Waals surface area (Å²) in [5, 5.41) is 0. The molecule has 5 nitrogen and oxygen atoms in total. The SMILES string of the molecule is CCc1c(-c2coc(CC/C(C)=C\c3ccccc3)n2)oc(OC)c(C)c1=O. The van der Waals surface area contributed by atoms with Crippen LogP contribution < -0.4 is 10.2 Å². The third-order valence-corrected chi connectivity index (χ3v) is 4.66. The predicted octanol–water partition coefficient (Wildman–Crippen LogP) is 5.21. The number of methoxy groups -OCH3 is 1. The summed E-state index contributed by atoms with van der Waals surface area (Å²) in [5.41, 5.74) is 3.91. The summed E-state index contributed by atoms with van der Waals surface area (Å²) in [6, 6.07) is 10.2. The van der Waals surface area contributed by atoms with E-state index in [1.54, 1.807) is 6.92 Å². The maximum Gasteiger partial charge on any atom is 0.291 e. The molecule has 0 unspecified atom stereocenters. The van der Waals surface area contributed by atoms with Gasteiger partial charge in [0.05, 0.1) is 12.7 Å². The highest BCUT2D eigenvalue weighted by Gasteiger charge is 2.20. The smallest absolute Gasteiger partial charge is 0.291 e. The van der Waals surface area contributed by atoms with E-state index in [1.807, 2.05) is 25.1 Å². The molecule has 0 bridgehead atoms. The summed E-state index contributed by atoms with van der Waals surface area (Å²) >= 11 is 0. The van der Waals surface area contributed by atoms with Gasteiger partial charge in [0.2, 0.25) is 0 Å². The number of ether oxygens (including phenoxy) is 1. The number of benzene rings is 1. The maximum absolute atomic E-state index is 12.6. The number of oxazole rings is 1. The first-order valence-electron chi connectivity index (χ1n) is 9.41. The van der Waals surface area contributed by atoms with Crippen molar-refractivity contribution in [3.05, 3.63) is 75.0 Å². The quantitative estimate of drug-likeness (QED) is 0.564. The van der Waals surface area contributed by atoms with E-state index in [9.17, 15) is 4.79 Å². The molecule has 0 N–H and O–H groups in total. The fourth-order valence-electron chi connectivity index (χ4n) is 3.12. The Labute approximate surface area is 164 Å². The highest BCUT2D eigenvalue weighted by molar-refractivity contribution is 5.57. The molecule has 0 spiro atoms. The first-order valence-corrected chi connectivity index (χ1v) is 9.41. The Morgan fingerprint density at radius 1 is 1.25 bits per heavy atom. The molecule has 5 heteroatoms. The summed E-state index contributed by atoms with van der Waals surface area (Å²) in [7, 11) is 1.48. The van der Waals surface area contributed by atoms with E-state index < -0.39 is 0 Å². The second-order valence-corrected chi connectivity index (χ2v) is 6.74. The molecule has 0 radical (unpaired) electrons. The van der Waals surface area contributed by atoms with Crippen molar-refractivity contribution >= 4 is 6.08 Å². The summed E-state index contributed by atoms with van der Waals surface area (Å²) in [6.07, 6.45) is 5.74. The summed E-state index contributed by atoms with van der Waals surface area (Å²) < 4.78 is 16.6. The fourth-order valence-corrected chi connectivity index (χ4v) is 3.12. The van der Waals surface area contributed by atoms with Crippen LogP contribution in [0.25, 0.3) is 17.5 Å². The lowest BCUT2D eigenvalue weighted by molar-refractivity contribution is 0.295. The standard InChI is InChI=1S/C23H25NO4/c1-5-18-21(25)16(3)23(26-4)28-22(18)19-14-27-20(24-19)12-11-15(2)13-17-9-7-6-8-10-17/h6-10,13-14H,5,11-12H2,1-4H3/b15-13-. The number of rotatable bonds is 7. The molecule has 0 fully saturated rings. The monoisotopic (exact) mass is 379 g/mol. The molecule has 2 heterocycles. The fraction of sp³-hybridized carbons (Fsp3) is 0.304. The van der Waals surface area contributed by atoms with Crippen molar-refractivity contribution < 1.29 is 13.6 Å². The molecule has 0 saturated carbocycles. The van der Waals surface area contributed by atoms with Gasteiger partial charge in [-0.05, 0) is 32.3 Å². The highest BCUT2D eigenvalue weighted by Crippen LogP contribution is 2.28. The van der Waals surface area contributed by atoms with Crippen LogP contribution in [0, 0.1) is 6.92 Å². The molecule has 3 aromatic rings. The number of aromatic nitrogens is 1. The van der Waals surface area contributed by atoms with Gasteiger partial charge in [0.25, 0.3) is 5.95 Å². The first kappa shape index (κ1) is 19.7. The predicted molar refractivity (Wildman–Crippen MR) is 110 cm³/mol. The van der Waals surface area contributed by atoms with Crippen LogP contribution in [-0.4, -0.2) is 12.1 Å². The Bertz CT molecular complexity index is 1030. The Balaban J connectivity index is 1.80. The largest absolute Gasteiger partial charge is 0.468 e. The van der Waals surface area contributed by atoms with Crippen molar-refractivity contribution in [3.8, 4) is 17.4 Å². The maximum atomic E-state index is 12.6. The van der Waals surface area contributed by atoms with E-state index >= 15 is 0 Å². The zero-order valence-electron chi connectivity index (χ0n) is 16.7. The normalized spacial score (nSPS) is 11.6. The molecule has 0 atom stereocenters. The number of aryl methyl sites for hydroxylation is 1. The topological polar surface area (TPSA) is 65.5 Å². The van der Waals surface area contributed by atoms with Crippen LogP contribution in [0.5, 0.6) is 5.95 Å². The first-order chi connectivity index (χ1) is 13.5. The van der Waals surface area contributed by atoms with Gasteiger partial charge in [-0.15, -0.1) is 0 Å². The van der Waals surface area contributed by atoms with Gasteiger partial charge in [-0.25, -0.2) is 4.98 Å². The minimum atomic E-state index is -0.0770. The van der Waals surface area contributed by atoms with Gasteiger partial charge in [0.1, 0.15) is 12.0 Å². The molecule has 1 aromatic carbocycles. The molecule has 3 rings (SSSR count). The van der Waals surface area contributed by atoms with Gasteiger partial charge in [-0.2, -0.15) is 0 Å². The second-order valence-electron chi connectivity index (χ2n) is 6.74. The number of nitrogens with zero attached hydrogens (tertiary/aromatic N) is 1. The molecule has 146 valence electrons. The van der Waals surface area contributed by atoms with Gasteiger partial charge < -0.3 is 13.6 Å². The minimum absolute atomic E-state index is 0.0770. The molecule has 0 aliphatic rings. The Kier molecular flexibility index (Phi) is 6.14. The van der Waals surface area contributed by atoms with Crippen LogP contribution in [0.2, 0.25) is 0 Å². The summed E-state index contributed by atoms with van der Waals surface area (Å²) in [5.74, 6) is 1.24. The van der Waals surface area contributed by atoms with Crippen LogP contribution >= 0.6 is 0 Å². The number of hydrogen-bond acceptors (Lipinski definition) is 5. The average Bonchev–Trinajstić information content (AvgIpc) is 3.18. The molecule has 28 heavy (non-hydrogen) atoms. The lowest BCUT2D eigenvalue weighted by Crippen LogP contribution is -2.14. The van der Waals surface area contributed by atoms with Gasteiger partial charge in [-0.3, -0.25) is 4.79 Å². The van der Waals surface area contributed by atoms with Gasteiger partial charge in [0, 0.05) is 12.0 Å². The van der Waals surface area contributed by atoms with Crippen LogP contribution in [0.1, 0.15) is 42.8 Å². The van der Waals surface area contributed by atoms with Crippen molar-refractivity contribution in [3.63, 3.8) is 0 Å². The number of allylic oxidation sites excluding steroid dienone is 1. The van der Waals surface area contributed by atoms with Gasteiger partial charge >= 0.3 is 0 Å². The van der Waals surface area contributed by atoms with Crippen molar-refractivity contribution in [2.75, 3.05) is 7.11 Å². The number of hydrogen-bond donors (Lipinski definition) is 0. The van der Waals surface area contributed by atoms with Crippen LogP contribution in [0.4, 0.5) is 0 Å². The van der Waals surface area contributed by atoms with Crippen LogP contribution in [0.3, 0.4) is 0 Å².